The molecule has 2 aromatic carbocycles. The summed E-state index contributed by atoms with van der Waals surface area (Å²) in [4.78, 5) is 6.73. The fourth-order valence-electron chi connectivity index (χ4n) is 2.38. The van der Waals surface area contributed by atoms with Gasteiger partial charge in [0, 0.05) is 30.6 Å². The van der Waals surface area contributed by atoms with E-state index in [-0.39, 0.29) is 5.75 Å². The highest BCUT2D eigenvalue weighted by atomic mass is 16.3. The van der Waals surface area contributed by atoms with E-state index in [4.69, 9.17) is 0 Å². The van der Waals surface area contributed by atoms with Crippen molar-refractivity contribution in [1.82, 2.24) is 0 Å². The summed E-state index contributed by atoms with van der Waals surface area (Å²) in [6, 6.07) is 11.8. The number of hydrogen-bond acceptors (Lipinski definition) is 3. The second-order valence-electron chi connectivity index (χ2n) is 5.44. The summed E-state index contributed by atoms with van der Waals surface area (Å²) in [6.45, 7) is 10.3. The number of rotatable bonds is 5. The van der Waals surface area contributed by atoms with Crippen molar-refractivity contribution in [3.05, 3.63) is 53.1 Å². The maximum absolute atomic E-state index is 10.0. The molecule has 0 aliphatic carbocycles. The highest BCUT2D eigenvalue weighted by Crippen LogP contribution is 2.24. The third-order valence-corrected chi connectivity index (χ3v) is 3.98. The fraction of sp³-hybridized carbons (Fsp3) is 0.316. The van der Waals surface area contributed by atoms with Crippen LogP contribution < -0.4 is 4.90 Å². The first-order valence-electron chi connectivity index (χ1n) is 7.74. The smallest absolute Gasteiger partial charge is 0.124 e. The number of phenolic OH excluding ortho intramolecular Hbond substituents is 1. The number of anilines is 1. The lowest BCUT2D eigenvalue weighted by atomic mass is 10.1. The maximum atomic E-state index is 10.0. The van der Waals surface area contributed by atoms with Crippen LogP contribution in [0.4, 0.5) is 11.4 Å². The van der Waals surface area contributed by atoms with Crippen LogP contribution in [0.25, 0.3) is 0 Å². The van der Waals surface area contributed by atoms with E-state index in [0.29, 0.717) is 0 Å². The quantitative estimate of drug-likeness (QED) is 0.818. The molecule has 0 saturated carbocycles. The molecule has 0 aromatic heterocycles. The molecule has 2 aromatic rings. The number of aromatic hydroxyl groups is 1. The van der Waals surface area contributed by atoms with E-state index >= 15 is 0 Å². The Hall–Kier alpha value is -2.29. The molecule has 0 aliphatic heterocycles. The predicted octanol–water partition coefficient (Wildman–Crippen LogP) is 4.61. The Bertz CT molecular complexity index is 673. The van der Waals surface area contributed by atoms with Gasteiger partial charge in [-0.05, 0) is 69.2 Å². The maximum Gasteiger partial charge on any atom is 0.124 e. The molecule has 0 saturated heterocycles. The average molecular weight is 296 g/mol. The van der Waals surface area contributed by atoms with Crippen molar-refractivity contribution in [2.24, 2.45) is 4.99 Å². The largest absolute Gasteiger partial charge is 0.507 e. The van der Waals surface area contributed by atoms with E-state index in [9.17, 15) is 5.11 Å². The molecule has 1 N–H and O–H groups in total. The van der Waals surface area contributed by atoms with Crippen molar-refractivity contribution in [3.8, 4) is 5.75 Å². The highest BCUT2D eigenvalue weighted by Gasteiger charge is 2.05. The summed E-state index contributed by atoms with van der Waals surface area (Å²) >= 11 is 0. The number of nitrogens with zero attached hydrogens (tertiary/aromatic N) is 2. The Kier molecular flexibility index (Phi) is 5.21. The lowest BCUT2D eigenvalue weighted by Crippen LogP contribution is -2.21. The van der Waals surface area contributed by atoms with E-state index in [1.165, 1.54) is 11.1 Å². The standard InChI is InChI=1S/C19H24N2O/c1-5-21(6-2)18-9-10-19(22)16(12-18)13-20-17-8-7-14(3)15(4)11-17/h7-13,22H,5-6H2,1-4H3. The zero-order valence-electron chi connectivity index (χ0n) is 13.8. The van der Waals surface area contributed by atoms with Gasteiger partial charge in [0.05, 0.1) is 5.69 Å². The van der Waals surface area contributed by atoms with Gasteiger partial charge in [-0.15, -0.1) is 0 Å². The fourth-order valence-corrected chi connectivity index (χ4v) is 2.38. The first kappa shape index (κ1) is 16.1. The molecule has 0 atom stereocenters. The molecule has 3 nitrogen and oxygen atoms in total. The van der Waals surface area contributed by atoms with Gasteiger partial charge in [0.2, 0.25) is 0 Å². The normalized spacial score (nSPS) is 11.1. The topological polar surface area (TPSA) is 35.8 Å². The zero-order valence-corrected chi connectivity index (χ0v) is 13.8. The van der Waals surface area contributed by atoms with Crippen LogP contribution in [0.3, 0.4) is 0 Å². The number of aliphatic imine (C=N–C) groups is 1. The van der Waals surface area contributed by atoms with E-state index in [2.05, 4.69) is 49.7 Å². The van der Waals surface area contributed by atoms with Crippen molar-refractivity contribution in [1.29, 1.82) is 0 Å². The molecule has 0 aliphatic rings. The van der Waals surface area contributed by atoms with Crippen LogP contribution >= 0.6 is 0 Å². The predicted molar refractivity (Wildman–Crippen MR) is 94.8 cm³/mol. The van der Waals surface area contributed by atoms with E-state index < -0.39 is 0 Å². The number of benzene rings is 2. The molecule has 0 fully saturated rings. The minimum absolute atomic E-state index is 0.253. The molecular formula is C19H24N2O. The average Bonchev–Trinajstić information content (AvgIpc) is 2.52. The molecule has 0 unspecified atom stereocenters. The Labute approximate surface area is 132 Å². The molecule has 116 valence electrons. The van der Waals surface area contributed by atoms with Crippen LogP contribution in [0.15, 0.2) is 41.4 Å². The Morgan fingerprint density at radius 3 is 2.36 bits per heavy atom. The summed E-state index contributed by atoms with van der Waals surface area (Å²) in [5, 5.41) is 10.0. The second kappa shape index (κ2) is 7.12. The van der Waals surface area contributed by atoms with Crippen LogP contribution in [0.5, 0.6) is 5.75 Å². The highest BCUT2D eigenvalue weighted by molar-refractivity contribution is 5.87. The Morgan fingerprint density at radius 2 is 1.73 bits per heavy atom. The third kappa shape index (κ3) is 3.67. The van der Waals surface area contributed by atoms with Crippen LogP contribution in [-0.2, 0) is 0 Å². The molecular weight excluding hydrogens is 272 g/mol. The molecule has 0 heterocycles. The molecule has 0 spiro atoms. The lowest BCUT2D eigenvalue weighted by Gasteiger charge is -2.21. The van der Waals surface area contributed by atoms with Crippen LogP contribution in [-0.4, -0.2) is 24.4 Å². The number of aryl methyl sites for hydroxylation is 2. The van der Waals surface area contributed by atoms with E-state index in [0.717, 1.165) is 30.0 Å². The monoisotopic (exact) mass is 296 g/mol. The van der Waals surface area contributed by atoms with Crippen molar-refractivity contribution in [2.75, 3.05) is 18.0 Å². The van der Waals surface area contributed by atoms with Gasteiger partial charge in [0.15, 0.2) is 0 Å². The van der Waals surface area contributed by atoms with Crippen molar-refractivity contribution in [2.45, 2.75) is 27.7 Å². The van der Waals surface area contributed by atoms with Gasteiger partial charge < -0.3 is 10.0 Å². The zero-order chi connectivity index (χ0) is 16.1. The van der Waals surface area contributed by atoms with Gasteiger partial charge >= 0.3 is 0 Å². The van der Waals surface area contributed by atoms with Gasteiger partial charge in [0.1, 0.15) is 5.75 Å². The lowest BCUT2D eigenvalue weighted by molar-refractivity contribution is 0.474. The van der Waals surface area contributed by atoms with Crippen LogP contribution in [0, 0.1) is 13.8 Å². The number of hydrogen-bond donors (Lipinski definition) is 1. The molecule has 2 rings (SSSR count). The van der Waals surface area contributed by atoms with Crippen LogP contribution in [0.2, 0.25) is 0 Å². The van der Waals surface area contributed by atoms with Crippen molar-refractivity contribution < 1.29 is 5.11 Å². The Balaban J connectivity index is 2.29. The second-order valence-corrected chi connectivity index (χ2v) is 5.44. The van der Waals surface area contributed by atoms with Gasteiger partial charge in [-0.3, -0.25) is 4.99 Å². The minimum atomic E-state index is 0.253. The van der Waals surface area contributed by atoms with Crippen molar-refractivity contribution in [3.63, 3.8) is 0 Å². The van der Waals surface area contributed by atoms with Gasteiger partial charge in [-0.1, -0.05) is 6.07 Å². The SMILES string of the molecule is CCN(CC)c1ccc(O)c(C=Nc2ccc(C)c(C)c2)c1. The van der Waals surface area contributed by atoms with Crippen molar-refractivity contribution >= 4 is 17.6 Å². The molecule has 3 heteroatoms. The van der Waals surface area contributed by atoms with Gasteiger partial charge in [-0.25, -0.2) is 0 Å². The molecule has 0 amide bonds. The van der Waals surface area contributed by atoms with Crippen LogP contribution in [0.1, 0.15) is 30.5 Å². The minimum Gasteiger partial charge on any atom is -0.507 e. The Morgan fingerprint density at radius 1 is 1.00 bits per heavy atom. The summed E-state index contributed by atoms with van der Waals surface area (Å²) in [5.41, 5.74) is 5.21. The molecule has 22 heavy (non-hydrogen) atoms. The summed E-state index contributed by atoms with van der Waals surface area (Å²) < 4.78 is 0. The first-order chi connectivity index (χ1) is 10.5. The molecule has 0 radical (unpaired) electrons. The summed E-state index contributed by atoms with van der Waals surface area (Å²) in [5.74, 6) is 0.253. The first-order valence-corrected chi connectivity index (χ1v) is 7.74. The van der Waals surface area contributed by atoms with E-state index in [1.807, 2.05) is 18.2 Å². The summed E-state index contributed by atoms with van der Waals surface area (Å²) in [6.07, 6.45) is 1.73. The van der Waals surface area contributed by atoms with E-state index in [1.54, 1.807) is 12.3 Å². The van der Waals surface area contributed by atoms with Gasteiger partial charge in [-0.2, -0.15) is 0 Å². The molecule has 0 bridgehead atoms. The summed E-state index contributed by atoms with van der Waals surface area (Å²) in [7, 11) is 0. The number of phenols is 1. The van der Waals surface area contributed by atoms with Gasteiger partial charge in [0.25, 0.3) is 0 Å². The third-order valence-electron chi connectivity index (χ3n) is 3.98.